The number of hydrogen-bond acceptors (Lipinski definition) is 6. The standard InChI is InChI=1S/C15H20N6O2/c1-8(16)9-4-5-20(7-9)14-17-6-11-12(18-14)21(10-2-3-10)15(23)19-13(11)22/h6,8-10H,2-5,7,16H2,1H3,(H,19,22,23). The molecule has 1 saturated heterocycles. The third-order valence-electron chi connectivity index (χ3n) is 4.83. The van der Waals surface area contributed by atoms with Crippen molar-refractivity contribution < 1.29 is 0 Å². The molecule has 2 fully saturated rings. The first-order chi connectivity index (χ1) is 11.0. The van der Waals surface area contributed by atoms with Crippen LogP contribution in [0.15, 0.2) is 15.8 Å². The highest BCUT2D eigenvalue weighted by molar-refractivity contribution is 5.74. The molecule has 2 aliphatic rings. The lowest BCUT2D eigenvalue weighted by Crippen LogP contribution is -2.32. The third-order valence-corrected chi connectivity index (χ3v) is 4.83. The summed E-state index contributed by atoms with van der Waals surface area (Å²) in [6.07, 6.45) is 4.41. The van der Waals surface area contributed by atoms with Crippen LogP contribution >= 0.6 is 0 Å². The van der Waals surface area contributed by atoms with Crippen molar-refractivity contribution >= 4 is 17.0 Å². The minimum absolute atomic E-state index is 0.132. The third kappa shape index (κ3) is 2.42. The van der Waals surface area contributed by atoms with Gasteiger partial charge in [-0.05, 0) is 32.1 Å². The molecule has 2 unspecified atom stereocenters. The van der Waals surface area contributed by atoms with Gasteiger partial charge in [0.15, 0.2) is 5.65 Å². The maximum atomic E-state index is 12.1. The van der Waals surface area contributed by atoms with Crippen LogP contribution in [0.5, 0.6) is 0 Å². The van der Waals surface area contributed by atoms with Gasteiger partial charge in [-0.2, -0.15) is 4.98 Å². The van der Waals surface area contributed by atoms with Crippen molar-refractivity contribution in [3.63, 3.8) is 0 Å². The summed E-state index contributed by atoms with van der Waals surface area (Å²) in [6.45, 7) is 3.66. The normalized spacial score (nSPS) is 22.7. The second-order valence-electron chi connectivity index (χ2n) is 6.62. The van der Waals surface area contributed by atoms with Gasteiger partial charge in [0, 0.05) is 31.4 Å². The van der Waals surface area contributed by atoms with Crippen molar-refractivity contribution in [1.29, 1.82) is 0 Å². The fourth-order valence-electron chi connectivity index (χ4n) is 3.25. The first kappa shape index (κ1) is 14.4. The number of hydrogen-bond donors (Lipinski definition) is 2. The van der Waals surface area contributed by atoms with Crippen molar-refractivity contribution in [2.45, 2.75) is 38.3 Å². The number of aromatic nitrogens is 4. The molecule has 8 nitrogen and oxygen atoms in total. The van der Waals surface area contributed by atoms with E-state index in [4.69, 9.17) is 5.73 Å². The Bertz CT molecular complexity index is 866. The lowest BCUT2D eigenvalue weighted by atomic mass is 10.0. The maximum absolute atomic E-state index is 12.1. The molecule has 2 atom stereocenters. The van der Waals surface area contributed by atoms with E-state index in [9.17, 15) is 9.59 Å². The van der Waals surface area contributed by atoms with E-state index < -0.39 is 5.56 Å². The van der Waals surface area contributed by atoms with E-state index in [1.165, 1.54) is 6.20 Å². The van der Waals surface area contributed by atoms with Gasteiger partial charge in [0.05, 0.1) is 0 Å². The SMILES string of the molecule is CC(N)C1CCN(c2ncc3c(=O)[nH]c(=O)n(C4CC4)c3n2)C1. The highest BCUT2D eigenvalue weighted by Crippen LogP contribution is 2.35. The van der Waals surface area contributed by atoms with Gasteiger partial charge >= 0.3 is 5.69 Å². The van der Waals surface area contributed by atoms with Gasteiger partial charge in [0.1, 0.15) is 5.39 Å². The van der Waals surface area contributed by atoms with Crippen LogP contribution in [0, 0.1) is 5.92 Å². The second kappa shape index (κ2) is 5.16. The summed E-state index contributed by atoms with van der Waals surface area (Å²) in [5, 5.41) is 0.364. The molecular formula is C15H20N6O2. The molecular weight excluding hydrogens is 296 g/mol. The van der Waals surface area contributed by atoms with Gasteiger partial charge in [0.25, 0.3) is 5.56 Å². The number of nitrogens with zero attached hydrogens (tertiary/aromatic N) is 4. The molecule has 1 aliphatic carbocycles. The zero-order chi connectivity index (χ0) is 16.1. The number of nitrogens with two attached hydrogens (primary N) is 1. The van der Waals surface area contributed by atoms with Gasteiger partial charge in [-0.15, -0.1) is 0 Å². The minimum atomic E-state index is -0.427. The van der Waals surface area contributed by atoms with Gasteiger partial charge in [-0.3, -0.25) is 14.3 Å². The molecule has 0 amide bonds. The van der Waals surface area contributed by atoms with Crippen LogP contribution in [0.2, 0.25) is 0 Å². The molecule has 3 heterocycles. The summed E-state index contributed by atoms with van der Waals surface area (Å²) >= 11 is 0. The van der Waals surface area contributed by atoms with E-state index in [0.717, 1.165) is 32.4 Å². The monoisotopic (exact) mass is 316 g/mol. The predicted molar refractivity (Wildman–Crippen MR) is 86.7 cm³/mol. The van der Waals surface area contributed by atoms with Crippen LogP contribution in [-0.2, 0) is 0 Å². The zero-order valence-electron chi connectivity index (χ0n) is 13.0. The highest BCUT2D eigenvalue weighted by atomic mass is 16.2. The topological polar surface area (TPSA) is 110 Å². The van der Waals surface area contributed by atoms with Crippen molar-refractivity contribution in [3.05, 3.63) is 27.0 Å². The van der Waals surface area contributed by atoms with E-state index >= 15 is 0 Å². The van der Waals surface area contributed by atoms with Crippen molar-refractivity contribution in [3.8, 4) is 0 Å². The molecule has 2 aromatic rings. The van der Waals surface area contributed by atoms with E-state index in [0.29, 0.717) is 22.9 Å². The van der Waals surface area contributed by atoms with Gasteiger partial charge in [-0.1, -0.05) is 0 Å². The lowest BCUT2D eigenvalue weighted by Gasteiger charge is -2.18. The minimum Gasteiger partial charge on any atom is -0.340 e. The van der Waals surface area contributed by atoms with Crippen LogP contribution in [0.4, 0.5) is 5.95 Å². The predicted octanol–water partition coefficient (Wildman–Crippen LogP) is -0.0118. The Morgan fingerprint density at radius 1 is 1.35 bits per heavy atom. The molecule has 0 aromatic carbocycles. The number of fused-ring (bicyclic) bond motifs is 1. The van der Waals surface area contributed by atoms with E-state index in [1.807, 2.05) is 6.92 Å². The number of aromatic amines is 1. The van der Waals surface area contributed by atoms with Gasteiger partial charge < -0.3 is 10.6 Å². The number of nitrogens with one attached hydrogen (secondary N) is 1. The van der Waals surface area contributed by atoms with Crippen LogP contribution in [0.25, 0.3) is 11.0 Å². The molecule has 2 aromatic heterocycles. The Kier molecular flexibility index (Phi) is 3.22. The fourth-order valence-corrected chi connectivity index (χ4v) is 3.25. The van der Waals surface area contributed by atoms with Crippen molar-refractivity contribution in [1.82, 2.24) is 19.5 Å². The smallest absolute Gasteiger partial charge is 0.330 e. The van der Waals surface area contributed by atoms with Crippen LogP contribution in [0.1, 0.15) is 32.2 Å². The largest absolute Gasteiger partial charge is 0.340 e. The molecule has 0 bridgehead atoms. The van der Waals surface area contributed by atoms with E-state index in [-0.39, 0.29) is 17.8 Å². The second-order valence-corrected chi connectivity index (χ2v) is 6.62. The molecule has 1 aliphatic heterocycles. The maximum Gasteiger partial charge on any atom is 0.330 e. The Morgan fingerprint density at radius 3 is 2.78 bits per heavy atom. The van der Waals surface area contributed by atoms with E-state index in [2.05, 4.69) is 19.9 Å². The summed E-state index contributed by atoms with van der Waals surface area (Å²) in [6, 6.07) is 0.271. The van der Waals surface area contributed by atoms with Gasteiger partial charge in [-0.25, -0.2) is 9.78 Å². The Balaban J connectivity index is 1.80. The Morgan fingerprint density at radius 2 is 2.13 bits per heavy atom. The van der Waals surface area contributed by atoms with Crippen LogP contribution in [-0.4, -0.2) is 38.7 Å². The van der Waals surface area contributed by atoms with Gasteiger partial charge in [0.2, 0.25) is 5.95 Å². The summed E-state index contributed by atoms with van der Waals surface area (Å²) in [5.74, 6) is 0.985. The molecule has 3 N–H and O–H groups in total. The zero-order valence-corrected chi connectivity index (χ0v) is 13.0. The van der Waals surface area contributed by atoms with Crippen molar-refractivity contribution in [2.24, 2.45) is 11.7 Å². The lowest BCUT2D eigenvalue weighted by molar-refractivity contribution is 0.487. The average molecular weight is 316 g/mol. The Hall–Kier alpha value is -2.22. The molecule has 4 rings (SSSR count). The van der Waals surface area contributed by atoms with Crippen molar-refractivity contribution in [2.75, 3.05) is 18.0 Å². The summed E-state index contributed by atoms with van der Waals surface area (Å²) in [5.41, 5.74) is 5.61. The number of anilines is 1. The van der Waals surface area contributed by atoms with Crippen LogP contribution in [0.3, 0.4) is 0 Å². The Labute approximate surface area is 132 Å². The molecule has 122 valence electrons. The molecule has 0 radical (unpaired) electrons. The molecule has 23 heavy (non-hydrogen) atoms. The first-order valence-corrected chi connectivity index (χ1v) is 8.06. The quantitative estimate of drug-likeness (QED) is 0.824. The van der Waals surface area contributed by atoms with Crippen LogP contribution < -0.4 is 21.9 Å². The summed E-state index contributed by atoms with van der Waals surface area (Å²) in [7, 11) is 0. The fraction of sp³-hybridized carbons (Fsp3) is 0.600. The number of rotatable bonds is 3. The molecule has 8 heteroatoms. The first-order valence-electron chi connectivity index (χ1n) is 8.06. The molecule has 1 saturated carbocycles. The summed E-state index contributed by atoms with van der Waals surface area (Å²) < 4.78 is 1.60. The highest BCUT2D eigenvalue weighted by Gasteiger charge is 2.30. The number of H-pyrrole nitrogens is 1. The van der Waals surface area contributed by atoms with E-state index in [1.54, 1.807) is 4.57 Å². The molecule has 0 spiro atoms. The summed E-state index contributed by atoms with van der Waals surface area (Å²) in [4.78, 5) is 37.4. The average Bonchev–Trinajstić information content (AvgIpc) is 3.21.